The predicted molar refractivity (Wildman–Crippen MR) is 84.8 cm³/mol. The van der Waals surface area contributed by atoms with Crippen LogP contribution < -0.4 is 5.63 Å². The minimum absolute atomic E-state index is 0.336. The molecule has 0 saturated carbocycles. The number of pyridine rings is 1. The highest BCUT2D eigenvalue weighted by molar-refractivity contribution is 6.05. The smallest absolute Gasteiger partial charge is 0.345 e. The lowest BCUT2D eigenvalue weighted by Crippen LogP contribution is -2.01. The monoisotopic (exact) mass is 275 g/mol. The van der Waals surface area contributed by atoms with Crippen molar-refractivity contribution in [3.8, 4) is 0 Å². The van der Waals surface area contributed by atoms with E-state index in [4.69, 9.17) is 4.42 Å². The van der Waals surface area contributed by atoms with E-state index in [1.165, 1.54) is 0 Å². The van der Waals surface area contributed by atoms with Gasteiger partial charge in [-0.15, -0.1) is 0 Å². The summed E-state index contributed by atoms with van der Waals surface area (Å²) in [5.74, 6) is 0. The Morgan fingerprint density at radius 1 is 0.905 bits per heavy atom. The van der Waals surface area contributed by atoms with Crippen molar-refractivity contribution in [3.05, 3.63) is 64.0 Å². The minimum atomic E-state index is -0.336. The van der Waals surface area contributed by atoms with Gasteiger partial charge in [0, 0.05) is 10.8 Å². The van der Waals surface area contributed by atoms with Crippen LogP contribution in [0.3, 0.4) is 0 Å². The van der Waals surface area contributed by atoms with Crippen LogP contribution in [0.25, 0.3) is 32.8 Å². The van der Waals surface area contributed by atoms with Crippen LogP contribution in [0.5, 0.6) is 0 Å². The second-order valence-corrected chi connectivity index (χ2v) is 5.47. The lowest BCUT2D eigenvalue weighted by Gasteiger charge is -2.05. The van der Waals surface area contributed by atoms with E-state index in [1.54, 1.807) is 0 Å². The highest BCUT2D eigenvalue weighted by Gasteiger charge is 2.10. The molecule has 0 spiro atoms. The van der Waals surface area contributed by atoms with Gasteiger partial charge in [-0.2, -0.15) is 0 Å². The van der Waals surface area contributed by atoms with Gasteiger partial charge in [-0.25, -0.2) is 9.78 Å². The second-order valence-electron chi connectivity index (χ2n) is 5.47. The topological polar surface area (TPSA) is 43.1 Å². The van der Waals surface area contributed by atoms with Gasteiger partial charge in [-0.1, -0.05) is 23.3 Å². The summed E-state index contributed by atoms with van der Waals surface area (Å²) in [6.45, 7) is 4.04. The van der Waals surface area contributed by atoms with Crippen LogP contribution in [0.1, 0.15) is 11.1 Å². The molecule has 2 aromatic carbocycles. The maximum absolute atomic E-state index is 12.2. The van der Waals surface area contributed by atoms with Gasteiger partial charge in [0.1, 0.15) is 5.58 Å². The lowest BCUT2D eigenvalue weighted by molar-refractivity contribution is 0.569. The normalized spacial score (nSPS) is 11.5. The second kappa shape index (κ2) is 4.16. The van der Waals surface area contributed by atoms with Crippen LogP contribution in [-0.2, 0) is 0 Å². The average molecular weight is 275 g/mol. The summed E-state index contributed by atoms with van der Waals surface area (Å²) in [5, 5.41) is 2.38. The van der Waals surface area contributed by atoms with Gasteiger partial charge in [0.15, 0.2) is 0 Å². The van der Waals surface area contributed by atoms with E-state index in [2.05, 4.69) is 4.98 Å². The Hall–Kier alpha value is -2.68. The molecule has 0 N–H and O–H groups in total. The van der Waals surface area contributed by atoms with Gasteiger partial charge in [0.2, 0.25) is 0 Å². The first kappa shape index (κ1) is 12.1. The quantitative estimate of drug-likeness (QED) is 0.275. The van der Waals surface area contributed by atoms with E-state index in [1.807, 2.05) is 56.3 Å². The third-order valence-electron chi connectivity index (χ3n) is 3.78. The third kappa shape index (κ3) is 1.82. The number of benzene rings is 2. The van der Waals surface area contributed by atoms with Gasteiger partial charge < -0.3 is 4.42 Å². The fourth-order valence-corrected chi connectivity index (χ4v) is 2.73. The molecule has 0 aliphatic rings. The fraction of sp³-hybridized carbons (Fsp3) is 0.111. The van der Waals surface area contributed by atoms with Crippen molar-refractivity contribution in [2.45, 2.75) is 13.8 Å². The number of nitrogens with zero attached hydrogens (tertiary/aromatic N) is 1. The predicted octanol–water partition coefficient (Wildman–Crippen LogP) is 4.11. The number of hydrogen-bond acceptors (Lipinski definition) is 3. The molecule has 0 atom stereocenters. The summed E-state index contributed by atoms with van der Waals surface area (Å²) in [5.41, 5.74) is 4.10. The molecular formula is C18H13NO2. The zero-order chi connectivity index (χ0) is 14.6. The maximum Gasteiger partial charge on any atom is 0.345 e. The highest BCUT2D eigenvalue weighted by atomic mass is 16.4. The van der Waals surface area contributed by atoms with E-state index in [-0.39, 0.29) is 5.63 Å². The molecule has 21 heavy (non-hydrogen) atoms. The van der Waals surface area contributed by atoms with E-state index >= 15 is 0 Å². The zero-order valence-corrected chi connectivity index (χ0v) is 11.8. The van der Waals surface area contributed by atoms with Gasteiger partial charge in [-0.3, -0.25) is 0 Å². The van der Waals surface area contributed by atoms with Crippen LogP contribution in [0, 0.1) is 13.8 Å². The Morgan fingerprint density at radius 3 is 2.52 bits per heavy atom. The summed E-state index contributed by atoms with van der Waals surface area (Å²) in [6.07, 6.45) is 0. The SMILES string of the molecule is Cc1ccc2nc3c(cc2c1)c(=O)oc1ccc(C)cc13. The first-order valence-electron chi connectivity index (χ1n) is 6.86. The molecule has 102 valence electrons. The van der Waals surface area contributed by atoms with Crippen molar-refractivity contribution in [1.82, 2.24) is 4.98 Å². The summed E-state index contributed by atoms with van der Waals surface area (Å²) in [4.78, 5) is 16.9. The standard InChI is InChI=1S/C18H13NO2/c1-10-3-5-15-12(7-10)9-14-17(19-15)13-8-11(2)4-6-16(13)21-18(14)20/h3-9H,1-2H3. The fourth-order valence-electron chi connectivity index (χ4n) is 2.73. The highest BCUT2D eigenvalue weighted by Crippen LogP contribution is 2.25. The molecule has 4 aromatic rings. The van der Waals surface area contributed by atoms with Crippen LogP contribution in [-0.4, -0.2) is 4.98 Å². The molecule has 0 radical (unpaired) electrons. The van der Waals surface area contributed by atoms with Crippen LogP contribution in [0.15, 0.2) is 51.7 Å². The number of aromatic nitrogens is 1. The molecule has 0 aliphatic carbocycles. The maximum atomic E-state index is 12.2. The molecule has 3 heteroatoms. The largest absolute Gasteiger partial charge is 0.422 e. The van der Waals surface area contributed by atoms with Gasteiger partial charge >= 0.3 is 5.63 Å². The Bertz CT molecular complexity index is 1080. The summed E-state index contributed by atoms with van der Waals surface area (Å²) in [7, 11) is 0. The molecule has 0 amide bonds. The van der Waals surface area contributed by atoms with Crippen LogP contribution in [0.2, 0.25) is 0 Å². The van der Waals surface area contributed by atoms with E-state index in [0.717, 1.165) is 27.4 Å². The summed E-state index contributed by atoms with van der Waals surface area (Å²) < 4.78 is 5.41. The van der Waals surface area contributed by atoms with Gasteiger partial charge in [0.25, 0.3) is 0 Å². The summed E-state index contributed by atoms with van der Waals surface area (Å²) in [6, 6.07) is 13.7. The number of rotatable bonds is 0. The van der Waals surface area contributed by atoms with E-state index in [0.29, 0.717) is 16.5 Å². The van der Waals surface area contributed by atoms with Crippen LogP contribution >= 0.6 is 0 Å². The Balaban J connectivity index is 2.28. The molecule has 0 saturated heterocycles. The number of fused-ring (bicyclic) bond motifs is 4. The Kier molecular flexibility index (Phi) is 2.39. The van der Waals surface area contributed by atoms with Gasteiger partial charge in [0.05, 0.1) is 16.4 Å². The van der Waals surface area contributed by atoms with Crippen molar-refractivity contribution in [1.29, 1.82) is 0 Å². The molecule has 0 fully saturated rings. The van der Waals surface area contributed by atoms with Crippen molar-refractivity contribution in [3.63, 3.8) is 0 Å². The van der Waals surface area contributed by atoms with Crippen molar-refractivity contribution >= 4 is 32.8 Å². The molecule has 0 aliphatic heterocycles. The lowest BCUT2D eigenvalue weighted by atomic mass is 10.1. The Labute approximate surface area is 120 Å². The van der Waals surface area contributed by atoms with Crippen LogP contribution in [0.4, 0.5) is 0 Å². The Morgan fingerprint density at radius 2 is 1.67 bits per heavy atom. The van der Waals surface area contributed by atoms with E-state index in [9.17, 15) is 4.79 Å². The zero-order valence-electron chi connectivity index (χ0n) is 11.8. The first-order valence-corrected chi connectivity index (χ1v) is 6.86. The average Bonchev–Trinajstić information content (AvgIpc) is 2.47. The molecule has 0 unspecified atom stereocenters. The first-order chi connectivity index (χ1) is 10.1. The van der Waals surface area contributed by atoms with Crippen molar-refractivity contribution < 1.29 is 4.42 Å². The van der Waals surface area contributed by atoms with Crippen molar-refractivity contribution in [2.24, 2.45) is 0 Å². The molecule has 2 aromatic heterocycles. The molecule has 3 nitrogen and oxygen atoms in total. The molecule has 0 bridgehead atoms. The van der Waals surface area contributed by atoms with Gasteiger partial charge in [-0.05, 0) is 44.2 Å². The number of hydrogen-bond donors (Lipinski definition) is 0. The molecular weight excluding hydrogens is 262 g/mol. The van der Waals surface area contributed by atoms with E-state index < -0.39 is 0 Å². The molecule has 4 rings (SSSR count). The van der Waals surface area contributed by atoms with Crippen molar-refractivity contribution in [2.75, 3.05) is 0 Å². The number of aryl methyl sites for hydroxylation is 2. The summed E-state index contributed by atoms with van der Waals surface area (Å²) >= 11 is 0. The molecule has 2 heterocycles. The third-order valence-corrected chi connectivity index (χ3v) is 3.78. The minimum Gasteiger partial charge on any atom is -0.422 e.